The Hall–Kier alpha value is -1.26. The summed E-state index contributed by atoms with van der Waals surface area (Å²) in [6, 6.07) is 0. The van der Waals surface area contributed by atoms with E-state index in [-0.39, 0.29) is 53.8 Å². The maximum absolute atomic E-state index is 12.1. The van der Waals surface area contributed by atoms with Crippen LogP contribution in [0, 0.1) is 17.8 Å². The number of hydrogen-bond acceptors (Lipinski definition) is 5. The highest BCUT2D eigenvalue weighted by Gasteiger charge is 2.36. The van der Waals surface area contributed by atoms with Crippen molar-refractivity contribution >= 4 is 42.0 Å². The zero-order valence-corrected chi connectivity index (χ0v) is 20.8. The molecule has 0 radical (unpaired) electrons. The van der Waals surface area contributed by atoms with E-state index in [2.05, 4.69) is 22.1 Å². The number of rotatable bonds is 5. The molecule has 0 aromatic heterocycles. The van der Waals surface area contributed by atoms with Crippen molar-refractivity contribution in [3.8, 4) is 0 Å². The van der Waals surface area contributed by atoms with Crippen molar-refractivity contribution in [1.82, 2.24) is 15.1 Å². The van der Waals surface area contributed by atoms with Crippen molar-refractivity contribution in [1.29, 1.82) is 0 Å². The van der Waals surface area contributed by atoms with Gasteiger partial charge in [0.2, 0.25) is 0 Å². The highest BCUT2D eigenvalue weighted by atomic mass is 127. The van der Waals surface area contributed by atoms with E-state index in [1.165, 1.54) is 7.11 Å². The fourth-order valence-corrected chi connectivity index (χ4v) is 3.14. The molecule has 164 valence electrons. The zero-order valence-electron chi connectivity index (χ0n) is 18.4. The number of amides is 1. The van der Waals surface area contributed by atoms with Gasteiger partial charge in [0.05, 0.1) is 13.0 Å². The minimum Gasteiger partial charge on any atom is -0.469 e. The molecule has 28 heavy (non-hydrogen) atoms. The van der Waals surface area contributed by atoms with E-state index in [1.54, 1.807) is 19.0 Å². The number of likely N-dealkylation sites (tertiary alicyclic amines) is 1. The van der Waals surface area contributed by atoms with E-state index in [9.17, 15) is 9.59 Å². The summed E-state index contributed by atoms with van der Waals surface area (Å²) in [5, 5.41) is 3.35. The predicted octanol–water partition coefficient (Wildman–Crippen LogP) is 2.42. The SMILES string of the molecule is CN=C(NCC(C)CN(C)C(=O)OC(C)(C)C)N1CC(C)C(C(=O)OC)C1.I. The Kier molecular flexibility index (Phi) is 11.1. The number of aliphatic imine (C=N–C) groups is 1. The number of carbonyl (C=O) groups excluding carboxylic acids is 2. The summed E-state index contributed by atoms with van der Waals surface area (Å²) in [5.41, 5.74) is -0.502. The number of esters is 1. The van der Waals surface area contributed by atoms with Crippen LogP contribution in [0.25, 0.3) is 0 Å². The third-order valence-electron chi connectivity index (χ3n) is 4.53. The van der Waals surface area contributed by atoms with Gasteiger partial charge in [-0.05, 0) is 32.6 Å². The van der Waals surface area contributed by atoms with E-state index in [1.807, 2.05) is 27.7 Å². The molecule has 1 aliphatic heterocycles. The van der Waals surface area contributed by atoms with Crippen LogP contribution in [0.15, 0.2) is 4.99 Å². The minimum absolute atomic E-state index is 0. The van der Waals surface area contributed by atoms with Gasteiger partial charge in [-0.15, -0.1) is 24.0 Å². The van der Waals surface area contributed by atoms with Crippen LogP contribution in [-0.2, 0) is 14.3 Å². The standard InChI is InChI=1S/C19H36N4O4.HI/c1-13(10-22(7)18(25)27-19(3,4)5)9-21-17(20-6)23-11-14(2)15(12-23)16(24)26-8;/h13-15H,9-12H2,1-8H3,(H,20,21);1H. The highest BCUT2D eigenvalue weighted by molar-refractivity contribution is 14.0. The molecule has 8 nitrogen and oxygen atoms in total. The first kappa shape index (κ1) is 26.7. The van der Waals surface area contributed by atoms with Crippen molar-refractivity contribution in [2.75, 3.05) is 47.4 Å². The van der Waals surface area contributed by atoms with Crippen molar-refractivity contribution < 1.29 is 19.1 Å². The summed E-state index contributed by atoms with van der Waals surface area (Å²) < 4.78 is 10.3. The number of hydrogen-bond donors (Lipinski definition) is 1. The minimum atomic E-state index is -0.502. The van der Waals surface area contributed by atoms with Crippen LogP contribution in [0.3, 0.4) is 0 Å². The van der Waals surface area contributed by atoms with Crippen LogP contribution in [0.2, 0.25) is 0 Å². The number of methoxy groups -OCH3 is 1. The molecule has 1 saturated heterocycles. The summed E-state index contributed by atoms with van der Waals surface area (Å²) in [6.45, 7) is 12.3. The molecule has 1 N–H and O–H groups in total. The molecule has 1 heterocycles. The third kappa shape index (κ3) is 8.40. The smallest absolute Gasteiger partial charge is 0.410 e. The second kappa shape index (κ2) is 11.7. The molecule has 3 unspecified atom stereocenters. The van der Waals surface area contributed by atoms with Gasteiger partial charge in [0.1, 0.15) is 5.60 Å². The zero-order chi connectivity index (χ0) is 20.8. The maximum atomic E-state index is 12.1. The number of halogens is 1. The van der Waals surface area contributed by atoms with E-state index in [0.717, 1.165) is 12.5 Å². The van der Waals surface area contributed by atoms with Gasteiger partial charge in [0, 0.05) is 40.3 Å². The second-order valence-electron chi connectivity index (χ2n) is 8.41. The Labute approximate surface area is 186 Å². The first-order chi connectivity index (χ1) is 12.5. The van der Waals surface area contributed by atoms with Crippen LogP contribution < -0.4 is 5.32 Å². The highest BCUT2D eigenvalue weighted by Crippen LogP contribution is 2.24. The molecule has 1 rings (SSSR count). The Bertz CT molecular complexity index is 551. The molecular weight excluding hydrogens is 475 g/mol. The van der Waals surface area contributed by atoms with E-state index in [0.29, 0.717) is 19.6 Å². The third-order valence-corrected chi connectivity index (χ3v) is 4.53. The van der Waals surface area contributed by atoms with Crippen molar-refractivity contribution in [2.24, 2.45) is 22.7 Å². The predicted molar refractivity (Wildman–Crippen MR) is 121 cm³/mol. The van der Waals surface area contributed by atoms with Gasteiger partial charge >= 0.3 is 12.1 Å². The lowest BCUT2D eigenvalue weighted by Crippen LogP contribution is -2.44. The summed E-state index contributed by atoms with van der Waals surface area (Å²) in [4.78, 5) is 31.9. The van der Waals surface area contributed by atoms with E-state index < -0.39 is 5.60 Å². The number of guanidine groups is 1. The maximum Gasteiger partial charge on any atom is 0.410 e. The lowest BCUT2D eigenvalue weighted by Gasteiger charge is -2.27. The van der Waals surface area contributed by atoms with Gasteiger partial charge in [-0.2, -0.15) is 0 Å². The quantitative estimate of drug-likeness (QED) is 0.264. The Morgan fingerprint density at radius 1 is 1.32 bits per heavy atom. The van der Waals surface area contributed by atoms with E-state index >= 15 is 0 Å². The molecule has 1 fully saturated rings. The monoisotopic (exact) mass is 512 g/mol. The Morgan fingerprint density at radius 3 is 2.43 bits per heavy atom. The van der Waals surface area contributed by atoms with Crippen molar-refractivity contribution in [3.05, 3.63) is 0 Å². The molecule has 9 heteroatoms. The summed E-state index contributed by atoms with van der Waals surface area (Å²) in [5.74, 6) is 0.875. The Morgan fingerprint density at radius 2 is 1.93 bits per heavy atom. The average molecular weight is 512 g/mol. The number of ether oxygens (including phenoxy) is 2. The number of nitrogens with one attached hydrogen (secondary N) is 1. The molecule has 1 amide bonds. The number of nitrogens with zero attached hydrogens (tertiary/aromatic N) is 3. The van der Waals surface area contributed by atoms with Crippen LogP contribution in [0.4, 0.5) is 4.79 Å². The lowest BCUT2D eigenvalue weighted by molar-refractivity contribution is -0.145. The molecule has 0 aliphatic carbocycles. The summed E-state index contributed by atoms with van der Waals surface area (Å²) in [7, 11) is 4.89. The lowest BCUT2D eigenvalue weighted by atomic mass is 9.99. The van der Waals surface area contributed by atoms with Gasteiger partial charge in [0.25, 0.3) is 0 Å². The molecule has 0 aromatic carbocycles. The average Bonchev–Trinajstić information content (AvgIpc) is 2.94. The van der Waals surface area contributed by atoms with Gasteiger partial charge in [-0.1, -0.05) is 13.8 Å². The summed E-state index contributed by atoms with van der Waals surface area (Å²) in [6.07, 6.45) is -0.326. The first-order valence-electron chi connectivity index (χ1n) is 9.46. The molecular formula is C19H37IN4O4. The van der Waals surface area contributed by atoms with Gasteiger partial charge in [-0.3, -0.25) is 9.79 Å². The molecule has 0 saturated carbocycles. The molecule has 0 aromatic rings. The fourth-order valence-electron chi connectivity index (χ4n) is 3.14. The molecule has 0 bridgehead atoms. The van der Waals surface area contributed by atoms with E-state index in [4.69, 9.17) is 9.47 Å². The Balaban J connectivity index is 0.00000729. The fraction of sp³-hybridized carbons (Fsp3) is 0.842. The summed E-state index contributed by atoms with van der Waals surface area (Å²) >= 11 is 0. The van der Waals surface area contributed by atoms with Gasteiger partial charge < -0.3 is 24.6 Å². The molecule has 1 aliphatic rings. The first-order valence-corrected chi connectivity index (χ1v) is 9.46. The van der Waals surface area contributed by atoms with Crippen molar-refractivity contribution in [3.63, 3.8) is 0 Å². The normalized spacial score (nSPS) is 20.9. The van der Waals surface area contributed by atoms with Crippen molar-refractivity contribution in [2.45, 2.75) is 40.2 Å². The molecule has 3 atom stereocenters. The van der Waals surface area contributed by atoms with Crippen LogP contribution in [-0.4, -0.2) is 80.8 Å². The van der Waals surface area contributed by atoms with Gasteiger partial charge in [-0.25, -0.2) is 4.79 Å². The number of carbonyl (C=O) groups is 2. The topological polar surface area (TPSA) is 83.5 Å². The van der Waals surface area contributed by atoms with Gasteiger partial charge in [0.15, 0.2) is 5.96 Å². The largest absolute Gasteiger partial charge is 0.469 e. The second-order valence-corrected chi connectivity index (χ2v) is 8.41. The van der Waals surface area contributed by atoms with Crippen LogP contribution in [0.1, 0.15) is 34.6 Å². The van der Waals surface area contributed by atoms with Crippen LogP contribution in [0.5, 0.6) is 0 Å². The molecule has 0 spiro atoms. The van der Waals surface area contributed by atoms with Crippen LogP contribution >= 0.6 is 24.0 Å².